The Balaban J connectivity index is 1.49. The lowest BCUT2D eigenvalue weighted by Crippen LogP contribution is -2.56. The van der Waals surface area contributed by atoms with Crippen LogP contribution in [-0.2, 0) is 30.3 Å². The topological polar surface area (TPSA) is 295 Å². The van der Waals surface area contributed by atoms with Crippen molar-refractivity contribution in [2.45, 2.75) is 104 Å². The van der Waals surface area contributed by atoms with Gasteiger partial charge in [0.2, 0.25) is 29.6 Å². The van der Waals surface area contributed by atoms with Gasteiger partial charge in [0.05, 0.1) is 29.1 Å². The molecule has 0 spiro atoms. The molecule has 1 saturated heterocycles. The molecule has 5 rings (SSSR count). The Hall–Kier alpha value is -6.40. The quantitative estimate of drug-likeness (QED) is 0.0893. The van der Waals surface area contributed by atoms with Crippen molar-refractivity contribution >= 4 is 35.5 Å². The van der Waals surface area contributed by atoms with Gasteiger partial charge in [0.1, 0.15) is 55.4 Å². The number of ether oxygens (including phenoxy) is 3. The molecule has 4 bridgehead atoms. The molecule has 1 aromatic heterocycles. The molecular formula is C49H70N12O8. The molecule has 5 amide bonds. The number of rotatable bonds is 18. The number of likely N-dealkylation sites (N-methyl/N-ethyl adjacent to an activating group) is 1. The van der Waals surface area contributed by atoms with Crippen LogP contribution >= 0.6 is 0 Å². The van der Waals surface area contributed by atoms with E-state index < -0.39 is 53.7 Å². The molecule has 0 aliphatic carbocycles. The van der Waals surface area contributed by atoms with E-state index in [0.29, 0.717) is 70.8 Å². The molecule has 374 valence electrons. The Morgan fingerprint density at radius 2 is 1.54 bits per heavy atom. The van der Waals surface area contributed by atoms with Crippen LogP contribution in [0.4, 0.5) is 5.95 Å². The van der Waals surface area contributed by atoms with E-state index in [1.807, 2.05) is 6.07 Å². The summed E-state index contributed by atoms with van der Waals surface area (Å²) >= 11 is 0. The predicted molar refractivity (Wildman–Crippen MR) is 260 cm³/mol. The van der Waals surface area contributed by atoms with Crippen molar-refractivity contribution < 1.29 is 38.2 Å². The summed E-state index contributed by atoms with van der Waals surface area (Å²) in [5.74, 6) is -2.03. The molecule has 20 heteroatoms. The molecule has 69 heavy (non-hydrogen) atoms. The highest BCUT2D eigenvalue weighted by atomic mass is 16.5. The number of hydrogen-bond acceptors (Lipinski definition) is 15. The third-order valence-electron chi connectivity index (χ3n) is 12.0. The van der Waals surface area contributed by atoms with Gasteiger partial charge in [-0.1, -0.05) is 32.9 Å². The van der Waals surface area contributed by atoms with Crippen molar-refractivity contribution in [3.8, 4) is 28.7 Å². The molecule has 20 nitrogen and oxygen atoms in total. The highest BCUT2D eigenvalue weighted by molar-refractivity contribution is 6.00. The second-order valence-corrected chi connectivity index (χ2v) is 18.6. The third-order valence-corrected chi connectivity index (χ3v) is 12.0. The molecule has 2 aliphatic rings. The first kappa shape index (κ1) is 53.6. The summed E-state index contributed by atoms with van der Waals surface area (Å²) < 4.78 is 18.4. The van der Waals surface area contributed by atoms with Crippen LogP contribution < -0.4 is 52.8 Å². The lowest BCUT2D eigenvalue weighted by Gasteiger charge is -2.33. The van der Waals surface area contributed by atoms with Crippen LogP contribution in [-0.4, -0.2) is 135 Å². The van der Waals surface area contributed by atoms with E-state index in [0.717, 1.165) is 19.3 Å². The summed E-state index contributed by atoms with van der Waals surface area (Å²) in [7, 11) is 1.42. The molecule has 10 N–H and O–H groups in total. The van der Waals surface area contributed by atoms with Gasteiger partial charge in [-0.15, -0.1) is 0 Å². The summed E-state index contributed by atoms with van der Waals surface area (Å²) in [5, 5.41) is 20.0. The van der Waals surface area contributed by atoms with Crippen LogP contribution in [0.2, 0.25) is 0 Å². The molecule has 0 unspecified atom stereocenters. The van der Waals surface area contributed by atoms with Crippen molar-refractivity contribution in [3.63, 3.8) is 0 Å². The molecule has 3 heterocycles. The standard InChI is InChI=1S/C49H70N12O8/c1-29-41(30(2)57-48(56-29)61-21-13-34(14-22-61)67-23-15-49(4,5)6)45(64)58-37(12-16-50)47(66)60(7)42-33-9-11-40(69-25-19-53)36(28-33)35-26-32(8-10-39(35)68-24-18-52)27-38(44(63)54-20-17-51)59-43(62)31(3)55-46(42)65/h8-11,26,28,31,34,37-38,42H,12-16,18-25,27,50,52-53H2,1-7H3,(H,54,63)(H,55,65)(H,58,64)(H,59,62)/t31-,37-,38-,42-/m0/s1. The number of aryl methyl sites for hydroxylation is 2. The average molecular weight is 955 g/mol. The zero-order valence-corrected chi connectivity index (χ0v) is 41.0. The first-order valence-electron chi connectivity index (χ1n) is 23.6. The number of benzene rings is 2. The number of carbonyl (C=O) groups excluding carboxylic acids is 5. The fourth-order valence-electron chi connectivity index (χ4n) is 8.28. The smallest absolute Gasteiger partial charge is 0.255 e. The van der Waals surface area contributed by atoms with Crippen LogP contribution in [0.3, 0.4) is 0 Å². The first-order valence-corrected chi connectivity index (χ1v) is 23.6. The predicted octanol–water partition coefficient (Wildman–Crippen LogP) is 1.69. The summed E-state index contributed by atoms with van der Waals surface area (Å²) in [6, 6.07) is 7.07. The molecule has 1 fully saturated rings. The van der Waals surface area contributed by atoms with Gasteiger partial charge in [0.15, 0.2) is 0 Å². The van der Waals surface area contributed by atoms with Gasteiger partial charge < -0.3 is 62.5 Å². The fourth-order valence-corrected chi connectivity index (χ4v) is 8.28. The molecule has 4 atom stereocenters. The maximum Gasteiger partial charge on any atom is 0.255 e. The zero-order chi connectivity index (χ0) is 50.4. The maximum atomic E-state index is 14.8. The van der Waals surface area contributed by atoms with Crippen LogP contribution in [0, 0.1) is 30.6 Å². The summed E-state index contributed by atoms with van der Waals surface area (Å²) in [5.41, 5.74) is 20.9. The number of nitrogens with two attached hydrogens (primary N) is 3. The van der Waals surface area contributed by atoms with Gasteiger partial charge in [-0.2, -0.15) is 5.26 Å². The van der Waals surface area contributed by atoms with Crippen LogP contribution in [0.1, 0.15) is 92.3 Å². The highest BCUT2D eigenvalue weighted by Gasteiger charge is 2.37. The van der Waals surface area contributed by atoms with Crippen LogP contribution in [0.5, 0.6) is 11.5 Å². The van der Waals surface area contributed by atoms with Crippen molar-refractivity contribution in [3.05, 3.63) is 64.5 Å². The minimum atomic E-state index is -1.40. The highest BCUT2D eigenvalue weighted by Crippen LogP contribution is 2.40. The van der Waals surface area contributed by atoms with E-state index in [2.05, 4.69) is 46.9 Å². The van der Waals surface area contributed by atoms with E-state index in [-0.39, 0.29) is 69.3 Å². The van der Waals surface area contributed by atoms with Gasteiger partial charge >= 0.3 is 0 Å². The van der Waals surface area contributed by atoms with E-state index in [4.69, 9.17) is 41.4 Å². The van der Waals surface area contributed by atoms with Gasteiger partial charge in [-0.05, 0) is 93.8 Å². The average Bonchev–Trinajstić information content (AvgIpc) is 3.30. The van der Waals surface area contributed by atoms with Crippen LogP contribution in [0.25, 0.3) is 11.1 Å². The fraction of sp³-hybridized carbons (Fsp3) is 0.551. The number of aromatic nitrogens is 2. The second kappa shape index (κ2) is 24.8. The van der Waals surface area contributed by atoms with Gasteiger partial charge in [-0.25, -0.2) is 9.97 Å². The summed E-state index contributed by atoms with van der Waals surface area (Å²) in [6.07, 6.45) is 2.78. The van der Waals surface area contributed by atoms with Gasteiger partial charge in [0.25, 0.3) is 5.91 Å². The Kier molecular flexibility index (Phi) is 19.2. The summed E-state index contributed by atoms with van der Waals surface area (Å²) in [6.45, 7) is 14.0. The van der Waals surface area contributed by atoms with E-state index in [1.54, 1.807) is 50.2 Å². The van der Waals surface area contributed by atoms with Crippen molar-refractivity contribution in [1.29, 1.82) is 5.26 Å². The number of anilines is 1. The van der Waals surface area contributed by atoms with Gasteiger partial charge in [0, 0.05) is 57.4 Å². The van der Waals surface area contributed by atoms with E-state index in [9.17, 15) is 29.2 Å². The zero-order valence-electron chi connectivity index (χ0n) is 41.0. The molecule has 2 aromatic carbocycles. The summed E-state index contributed by atoms with van der Waals surface area (Å²) in [4.78, 5) is 83.5. The minimum absolute atomic E-state index is 0.00276. The number of hydrogen-bond donors (Lipinski definition) is 7. The Morgan fingerprint density at radius 1 is 0.913 bits per heavy atom. The molecule has 0 saturated carbocycles. The molecular weight excluding hydrogens is 885 g/mol. The normalized spacial score (nSPS) is 18.2. The Labute approximate surface area is 404 Å². The number of piperidine rings is 1. The van der Waals surface area contributed by atoms with E-state index in [1.165, 1.54) is 18.9 Å². The third kappa shape index (κ3) is 14.3. The van der Waals surface area contributed by atoms with Crippen molar-refractivity contribution in [2.24, 2.45) is 22.6 Å². The second-order valence-electron chi connectivity index (χ2n) is 18.6. The minimum Gasteiger partial charge on any atom is -0.492 e. The van der Waals surface area contributed by atoms with E-state index >= 15 is 0 Å². The Morgan fingerprint density at radius 3 is 2.13 bits per heavy atom. The number of amides is 5. The molecule has 2 aliphatic heterocycles. The molecule has 3 aromatic rings. The number of nitrogens with one attached hydrogen (secondary N) is 4. The number of carbonyl (C=O) groups is 5. The van der Waals surface area contributed by atoms with Crippen molar-refractivity contribution in [1.82, 2.24) is 36.1 Å². The lowest BCUT2D eigenvalue weighted by atomic mass is 9.93. The monoisotopic (exact) mass is 955 g/mol. The molecule has 0 radical (unpaired) electrons. The Bertz CT molecular complexity index is 2320. The van der Waals surface area contributed by atoms with Gasteiger partial charge in [-0.3, -0.25) is 24.0 Å². The number of fused-ring (bicyclic) bond motifs is 5. The SMILES string of the molecule is Cc1nc(N2CCC(OCCC(C)(C)C)CC2)nc(C)c1C(=O)N[C@@H](CCN)C(=O)N(C)[C@@H]1C(=O)N[C@@H](C)C(=O)N[C@H](C(=O)NCC#N)Cc2ccc(OCCN)c(c2)-c2cc1ccc2OCCN. The van der Waals surface area contributed by atoms with Crippen LogP contribution in [0.15, 0.2) is 36.4 Å². The lowest BCUT2D eigenvalue weighted by molar-refractivity contribution is -0.141. The number of nitriles is 1. The first-order chi connectivity index (χ1) is 32.9. The largest absolute Gasteiger partial charge is 0.492 e. The number of nitrogens with zero attached hydrogens (tertiary/aromatic N) is 5. The van der Waals surface area contributed by atoms with Crippen molar-refractivity contribution in [2.75, 3.05) is 71.0 Å². The maximum absolute atomic E-state index is 14.8.